The first-order valence-corrected chi connectivity index (χ1v) is 28.0. The fourth-order valence-electron chi connectivity index (χ4n) is 11.2. The Labute approximate surface area is 461 Å². The van der Waals surface area contributed by atoms with Crippen molar-refractivity contribution in [2.24, 2.45) is 16.7 Å². The second kappa shape index (κ2) is 25.7. The molecule has 18 heteroatoms. The number of aliphatic hydroxyl groups excluding tert-OH is 1. The summed E-state index contributed by atoms with van der Waals surface area (Å²) < 4.78 is 11.9. The van der Waals surface area contributed by atoms with Gasteiger partial charge in [-0.2, -0.15) is 0 Å². The predicted molar refractivity (Wildman–Crippen MR) is 298 cm³/mol. The van der Waals surface area contributed by atoms with Gasteiger partial charge in [-0.1, -0.05) is 121 Å². The van der Waals surface area contributed by atoms with Crippen LogP contribution in [0.3, 0.4) is 0 Å². The lowest BCUT2D eigenvalue weighted by Gasteiger charge is -2.63. The highest BCUT2D eigenvalue weighted by molar-refractivity contribution is 7.13. The third-order valence-corrected chi connectivity index (χ3v) is 16.3. The van der Waals surface area contributed by atoms with Gasteiger partial charge in [0.25, 0.3) is 11.8 Å². The molecule has 1 saturated carbocycles. The highest BCUT2D eigenvalue weighted by Gasteiger charge is 2.64. The van der Waals surface area contributed by atoms with Crippen molar-refractivity contribution < 1.29 is 38.3 Å². The van der Waals surface area contributed by atoms with E-state index in [2.05, 4.69) is 63.9 Å². The Balaban J connectivity index is 0.808. The Hall–Kier alpha value is -6.61. The zero-order valence-corrected chi connectivity index (χ0v) is 47.0. The van der Waals surface area contributed by atoms with E-state index in [0.717, 1.165) is 66.6 Å². The van der Waals surface area contributed by atoms with Crippen LogP contribution < -0.4 is 26.0 Å². The van der Waals surface area contributed by atoms with E-state index >= 15 is 0 Å². The van der Waals surface area contributed by atoms with Crippen molar-refractivity contribution in [3.63, 3.8) is 0 Å². The minimum Gasteiger partial charge on any atom is -0.489 e. The minimum atomic E-state index is -0.945. The van der Waals surface area contributed by atoms with Crippen molar-refractivity contribution in [3.05, 3.63) is 129 Å². The maximum absolute atomic E-state index is 14.2. The Morgan fingerprint density at radius 3 is 2.06 bits per heavy atom. The standard InChI is InChI=1S/C59H73ClN8O8S/c1-35(2)50(48-29-36(3)67-76-48)55(74)68-33-42(69)30-47(68)54(73)65-46(38-17-19-39(20-18-38)51-37(4)64-34-77-51)32-49(70)62-27-15-13-11-10-12-14-16-28-63-52(71)40-21-23-41(24-22-40)53(72)66-56-58(5,6)57(59(56,7)8)75-43-25-26-45(61-9)44(60)31-43/h17-26,29,31,34-35,42,46-47,50,56-57,69H,10-16,27-28,30,32-33H2,1-8H3,(H,62,70)(H,63,71)(H,65,73)(H,66,72)/t42-,46+,47+,50-,56?,57?/m1/s1. The number of aromatic nitrogens is 2. The van der Waals surface area contributed by atoms with Crippen molar-refractivity contribution in [2.45, 2.75) is 149 Å². The van der Waals surface area contributed by atoms with Gasteiger partial charge in [-0.3, -0.25) is 24.0 Å². The molecule has 2 aromatic heterocycles. The number of aliphatic hydroxyl groups is 1. The Morgan fingerprint density at radius 1 is 0.870 bits per heavy atom. The normalized spacial score (nSPS) is 19.1. The summed E-state index contributed by atoms with van der Waals surface area (Å²) in [5.74, 6) is -1.28. The number of β-amino-alcohol motifs (C(OH)–C–C–N with tert-alkyl or cyclic N) is 1. The van der Waals surface area contributed by atoms with Crippen LogP contribution in [0, 0.1) is 37.2 Å². The Bertz CT molecular complexity index is 2900. The van der Waals surface area contributed by atoms with Gasteiger partial charge < -0.3 is 40.5 Å². The van der Waals surface area contributed by atoms with E-state index in [4.69, 9.17) is 27.4 Å². The predicted octanol–water partition coefficient (Wildman–Crippen LogP) is 10.5. The molecule has 4 atom stereocenters. The number of carbonyl (C=O) groups excluding carboxylic acids is 5. The first-order valence-electron chi connectivity index (χ1n) is 26.7. The number of aryl methyl sites for hydroxylation is 2. The highest BCUT2D eigenvalue weighted by atomic mass is 35.5. The van der Waals surface area contributed by atoms with E-state index < -0.39 is 40.8 Å². The van der Waals surface area contributed by atoms with E-state index in [1.807, 2.05) is 45.0 Å². The van der Waals surface area contributed by atoms with Crippen molar-refractivity contribution in [1.82, 2.24) is 36.3 Å². The number of likely N-dealkylation sites (tertiary alicyclic amines) is 1. The van der Waals surface area contributed by atoms with Crippen LogP contribution in [0.25, 0.3) is 15.3 Å². The summed E-state index contributed by atoms with van der Waals surface area (Å²) in [6.45, 7) is 24.0. The number of carbonyl (C=O) groups is 5. The number of rotatable bonds is 24. The van der Waals surface area contributed by atoms with Gasteiger partial charge in [-0.05, 0) is 80.1 Å². The number of hydrogen-bond acceptors (Lipinski definition) is 11. The molecule has 7 rings (SSSR count). The number of nitrogens with zero attached hydrogens (tertiary/aromatic N) is 4. The van der Waals surface area contributed by atoms with Gasteiger partial charge in [0.15, 0.2) is 0 Å². The van der Waals surface area contributed by atoms with Crippen molar-refractivity contribution in [2.75, 3.05) is 19.6 Å². The molecule has 410 valence electrons. The zero-order valence-electron chi connectivity index (χ0n) is 45.4. The molecule has 5 N–H and O–H groups in total. The number of halogens is 1. The number of unbranched alkanes of at least 4 members (excludes halogenated alkanes) is 6. The second-order valence-electron chi connectivity index (χ2n) is 22.1. The molecule has 0 spiro atoms. The molecule has 1 saturated heterocycles. The van der Waals surface area contributed by atoms with Gasteiger partial charge in [0.1, 0.15) is 29.6 Å². The summed E-state index contributed by atoms with van der Waals surface area (Å²) in [5, 5.41) is 27.4. The molecule has 5 aromatic rings. The van der Waals surface area contributed by atoms with E-state index in [0.29, 0.717) is 52.1 Å². The molecule has 2 aliphatic rings. The summed E-state index contributed by atoms with van der Waals surface area (Å²) >= 11 is 7.79. The number of nitrogens with one attached hydrogen (secondary N) is 4. The third-order valence-electron chi connectivity index (χ3n) is 15.1. The quantitative estimate of drug-likeness (QED) is 0.0292. The lowest BCUT2D eigenvalue weighted by molar-refractivity contribution is -0.164. The summed E-state index contributed by atoms with van der Waals surface area (Å²) in [5.41, 5.74) is 5.54. The topological polar surface area (TPSA) is 209 Å². The summed E-state index contributed by atoms with van der Waals surface area (Å²) in [6.07, 6.45) is 5.50. The summed E-state index contributed by atoms with van der Waals surface area (Å²) in [7, 11) is 0. The molecule has 0 bridgehead atoms. The molecular weight excluding hydrogens is 1020 g/mol. The maximum atomic E-state index is 14.2. The molecule has 77 heavy (non-hydrogen) atoms. The average Bonchev–Trinajstić information content (AvgIpc) is 4.18. The highest BCUT2D eigenvalue weighted by Crippen LogP contribution is 2.56. The first kappa shape index (κ1) is 58.1. The molecule has 1 aliphatic carbocycles. The minimum absolute atomic E-state index is 0.00118. The first-order chi connectivity index (χ1) is 36.7. The van der Waals surface area contributed by atoms with Gasteiger partial charge >= 0.3 is 0 Å². The molecule has 2 fully saturated rings. The molecule has 0 unspecified atom stereocenters. The van der Waals surface area contributed by atoms with Crippen LogP contribution in [0.1, 0.15) is 155 Å². The molecule has 5 amide bonds. The van der Waals surface area contributed by atoms with Crippen LogP contribution in [0.5, 0.6) is 5.75 Å². The van der Waals surface area contributed by atoms with Crippen LogP contribution in [0.15, 0.2) is 82.8 Å². The number of amides is 5. The molecule has 16 nitrogen and oxygen atoms in total. The van der Waals surface area contributed by atoms with Gasteiger partial charge in [0.05, 0.1) is 51.9 Å². The monoisotopic (exact) mass is 1090 g/mol. The van der Waals surface area contributed by atoms with Crippen molar-refractivity contribution in [1.29, 1.82) is 0 Å². The summed E-state index contributed by atoms with van der Waals surface area (Å²) in [4.78, 5) is 78.3. The molecule has 0 radical (unpaired) electrons. The van der Waals surface area contributed by atoms with E-state index in [-0.39, 0.29) is 61.1 Å². The lowest BCUT2D eigenvalue weighted by Crippen LogP contribution is -2.74. The SMILES string of the molecule is [C-]#[N+]c1ccc(OC2C(C)(C)C(NC(=O)c3ccc(C(=O)NCCCCCCCCCNC(=O)C[C@H](NC(=O)[C@@H]4C[C@@H](O)CN4C(=O)[C@@H](c4cc(C)no4)C(C)C)c4ccc(-c5scnc5C)cc4)cc3)C2(C)C)cc1Cl. The number of hydrogen-bond donors (Lipinski definition) is 5. The van der Waals surface area contributed by atoms with Gasteiger partial charge in [0.2, 0.25) is 23.4 Å². The van der Waals surface area contributed by atoms with Gasteiger partial charge in [-0.15, -0.1) is 11.3 Å². The second-order valence-corrected chi connectivity index (χ2v) is 23.3. The van der Waals surface area contributed by atoms with Crippen LogP contribution in [0.2, 0.25) is 5.02 Å². The smallest absolute Gasteiger partial charge is 0.251 e. The van der Waals surface area contributed by atoms with E-state index in [1.165, 1.54) is 16.2 Å². The zero-order chi connectivity index (χ0) is 55.6. The largest absolute Gasteiger partial charge is 0.489 e. The molecular formula is C59H73ClN8O8S. The molecule has 3 aromatic carbocycles. The summed E-state index contributed by atoms with van der Waals surface area (Å²) in [6, 6.07) is 19.3. The lowest BCUT2D eigenvalue weighted by atomic mass is 9.49. The fraction of sp³-hybridized carbons (Fsp3) is 0.492. The Morgan fingerprint density at radius 2 is 1.49 bits per heavy atom. The van der Waals surface area contributed by atoms with Crippen LogP contribution in [-0.2, 0) is 14.4 Å². The van der Waals surface area contributed by atoms with Gasteiger partial charge in [0, 0.05) is 60.1 Å². The van der Waals surface area contributed by atoms with E-state index in [9.17, 15) is 29.1 Å². The Kier molecular flexibility index (Phi) is 19.4. The number of benzene rings is 3. The van der Waals surface area contributed by atoms with E-state index in [1.54, 1.807) is 61.0 Å². The maximum Gasteiger partial charge on any atom is 0.251 e. The third kappa shape index (κ3) is 14.1. The molecule has 3 heterocycles. The van der Waals surface area contributed by atoms with Crippen LogP contribution >= 0.6 is 22.9 Å². The average molecular weight is 1090 g/mol. The molecule has 1 aliphatic heterocycles. The van der Waals surface area contributed by atoms with Crippen molar-refractivity contribution in [3.8, 4) is 16.2 Å². The van der Waals surface area contributed by atoms with Gasteiger partial charge in [-0.25, -0.2) is 9.83 Å². The van der Waals surface area contributed by atoms with Crippen LogP contribution in [-0.4, -0.2) is 93.6 Å². The number of ether oxygens (including phenoxy) is 1. The van der Waals surface area contributed by atoms with Crippen LogP contribution in [0.4, 0.5) is 5.69 Å². The fourth-order valence-corrected chi connectivity index (χ4v) is 12.2. The van der Waals surface area contributed by atoms with Crippen molar-refractivity contribution >= 4 is 58.2 Å². The number of thiazole rings is 1.